The molecule has 0 unspecified atom stereocenters. The largest absolute Gasteiger partial charge is 0.394 e. The highest BCUT2D eigenvalue weighted by atomic mass is 32.2. The van der Waals surface area contributed by atoms with Gasteiger partial charge in [0.25, 0.3) is 0 Å². The molecule has 1 heterocycles. The van der Waals surface area contributed by atoms with Crippen LogP contribution in [0.25, 0.3) is 0 Å². The lowest BCUT2D eigenvalue weighted by Gasteiger charge is -2.19. The standard InChI is InChI=1S/C12H23N3O3S/c1-9(2)8-14(5)19(17,18)12-10(3)13-15(6-7-16)11(12)4/h9,16H,6-8H2,1-5H3. The number of aryl methyl sites for hydroxylation is 1. The normalized spacial score (nSPS) is 12.6. The average molecular weight is 289 g/mol. The topological polar surface area (TPSA) is 75.4 Å². The Kier molecular flexibility index (Phi) is 5.11. The van der Waals surface area contributed by atoms with Crippen molar-refractivity contribution in [1.82, 2.24) is 14.1 Å². The lowest BCUT2D eigenvalue weighted by Crippen LogP contribution is -2.31. The van der Waals surface area contributed by atoms with Crippen LogP contribution in [0, 0.1) is 19.8 Å². The summed E-state index contributed by atoms with van der Waals surface area (Å²) in [4.78, 5) is 0.254. The van der Waals surface area contributed by atoms with Gasteiger partial charge in [-0.05, 0) is 19.8 Å². The molecule has 0 aliphatic rings. The molecule has 0 aromatic carbocycles. The van der Waals surface area contributed by atoms with Gasteiger partial charge in [-0.25, -0.2) is 12.7 Å². The molecule has 0 bridgehead atoms. The molecular weight excluding hydrogens is 266 g/mol. The number of aliphatic hydroxyl groups excluding tert-OH is 1. The van der Waals surface area contributed by atoms with E-state index in [1.807, 2.05) is 13.8 Å². The minimum absolute atomic E-state index is 0.0662. The van der Waals surface area contributed by atoms with Crippen LogP contribution in [-0.4, -0.2) is 47.8 Å². The van der Waals surface area contributed by atoms with E-state index >= 15 is 0 Å². The van der Waals surface area contributed by atoms with Gasteiger partial charge in [-0.15, -0.1) is 0 Å². The third kappa shape index (κ3) is 3.34. The van der Waals surface area contributed by atoms with Crippen molar-refractivity contribution in [1.29, 1.82) is 0 Å². The molecule has 1 aromatic heterocycles. The summed E-state index contributed by atoms with van der Waals surface area (Å²) < 4.78 is 28.0. The molecular formula is C12H23N3O3S. The van der Waals surface area contributed by atoms with Crippen molar-refractivity contribution in [2.75, 3.05) is 20.2 Å². The van der Waals surface area contributed by atoms with Crippen LogP contribution in [-0.2, 0) is 16.6 Å². The number of rotatable bonds is 6. The number of hydrogen-bond donors (Lipinski definition) is 1. The van der Waals surface area contributed by atoms with Crippen molar-refractivity contribution in [2.24, 2.45) is 5.92 Å². The van der Waals surface area contributed by atoms with E-state index in [4.69, 9.17) is 5.11 Å². The highest BCUT2D eigenvalue weighted by Gasteiger charge is 2.28. The third-order valence-electron chi connectivity index (χ3n) is 2.92. The number of aromatic nitrogens is 2. The quantitative estimate of drug-likeness (QED) is 0.839. The van der Waals surface area contributed by atoms with Crippen molar-refractivity contribution in [3.63, 3.8) is 0 Å². The van der Waals surface area contributed by atoms with Gasteiger partial charge in [-0.3, -0.25) is 4.68 Å². The first-order valence-electron chi connectivity index (χ1n) is 6.33. The molecule has 110 valence electrons. The second-order valence-corrected chi connectivity index (χ2v) is 7.11. The molecule has 6 nitrogen and oxygen atoms in total. The Hall–Kier alpha value is -0.920. The van der Waals surface area contributed by atoms with Crippen LogP contribution in [0.5, 0.6) is 0 Å². The van der Waals surface area contributed by atoms with E-state index in [2.05, 4.69) is 5.10 Å². The second kappa shape index (κ2) is 6.02. The van der Waals surface area contributed by atoms with Gasteiger partial charge in [0.1, 0.15) is 4.90 Å². The number of sulfonamides is 1. The molecule has 7 heteroatoms. The van der Waals surface area contributed by atoms with Gasteiger partial charge >= 0.3 is 0 Å². The molecule has 0 atom stereocenters. The molecule has 1 aromatic rings. The zero-order chi connectivity index (χ0) is 14.8. The lowest BCUT2D eigenvalue weighted by atomic mass is 10.2. The molecule has 1 rings (SSSR count). The summed E-state index contributed by atoms with van der Waals surface area (Å²) in [7, 11) is -1.94. The molecule has 1 N–H and O–H groups in total. The predicted molar refractivity (Wildman–Crippen MR) is 73.4 cm³/mol. The molecule has 0 aliphatic heterocycles. The van der Waals surface area contributed by atoms with Crippen molar-refractivity contribution in [3.05, 3.63) is 11.4 Å². The number of nitrogens with zero attached hydrogens (tertiary/aromatic N) is 3. The fourth-order valence-corrected chi connectivity index (χ4v) is 3.83. The van der Waals surface area contributed by atoms with E-state index in [-0.39, 0.29) is 17.4 Å². The highest BCUT2D eigenvalue weighted by Crippen LogP contribution is 2.23. The van der Waals surface area contributed by atoms with Crippen LogP contribution < -0.4 is 0 Å². The Morgan fingerprint density at radius 1 is 1.37 bits per heavy atom. The molecule has 0 aliphatic carbocycles. The maximum atomic E-state index is 12.5. The summed E-state index contributed by atoms with van der Waals surface area (Å²) in [5, 5.41) is 13.1. The summed E-state index contributed by atoms with van der Waals surface area (Å²) >= 11 is 0. The zero-order valence-corrected chi connectivity index (χ0v) is 13.0. The van der Waals surface area contributed by atoms with Gasteiger partial charge in [0.15, 0.2) is 0 Å². The summed E-state index contributed by atoms with van der Waals surface area (Å²) in [5.41, 5.74) is 1.05. The van der Waals surface area contributed by atoms with Crippen LogP contribution in [0.15, 0.2) is 4.90 Å². The van der Waals surface area contributed by atoms with Crippen LogP contribution in [0.4, 0.5) is 0 Å². The van der Waals surface area contributed by atoms with Crippen LogP contribution in [0.3, 0.4) is 0 Å². The van der Waals surface area contributed by atoms with E-state index in [0.717, 1.165) is 0 Å². The van der Waals surface area contributed by atoms with Crippen molar-refractivity contribution in [2.45, 2.75) is 39.1 Å². The minimum Gasteiger partial charge on any atom is -0.394 e. The Balaban J connectivity index is 3.21. The number of aliphatic hydroxyl groups is 1. The number of hydrogen-bond acceptors (Lipinski definition) is 4. The minimum atomic E-state index is -3.52. The fourth-order valence-electron chi connectivity index (χ4n) is 2.13. The Morgan fingerprint density at radius 2 is 1.95 bits per heavy atom. The SMILES string of the molecule is Cc1nn(CCO)c(C)c1S(=O)(=O)N(C)CC(C)C. The predicted octanol–water partition coefficient (Wildman–Crippen LogP) is 0.769. The summed E-state index contributed by atoms with van der Waals surface area (Å²) in [5.74, 6) is 0.257. The highest BCUT2D eigenvalue weighted by molar-refractivity contribution is 7.89. The first-order valence-corrected chi connectivity index (χ1v) is 7.77. The van der Waals surface area contributed by atoms with Crippen molar-refractivity contribution >= 4 is 10.0 Å². The molecule has 0 radical (unpaired) electrons. The van der Waals surface area contributed by atoms with Gasteiger partial charge in [-0.1, -0.05) is 13.8 Å². The maximum absolute atomic E-state index is 12.5. The summed E-state index contributed by atoms with van der Waals surface area (Å²) in [6, 6.07) is 0. The van der Waals surface area contributed by atoms with Gasteiger partial charge in [0, 0.05) is 13.6 Å². The Bertz CT molecular complexity index is 535. The Morgan fingerprint density at radius 3 is 2.42 bits per heavy atom. The van der Waals surface area contributed by atoms with Crippen LogP contribution in [0.2, 0.25) is 0 Å². The maximum Gasteiger partial charge on any atom is 0.246 e. The molecule has 19 heavy (non-hydrogen) atoms. The first-order chi connectivity index (χ1) is 8.71. The molecule has 0 spiro atoms. The average Bonchev–Trinajstić information content (AvgIpc) is 2.54. The van der Waals surface area contributed by atoms with Gasteiger partial charge < -0.3 is 5.11 Å². The lowest BCUT2D eigenvalue weighted by molar-refractivity contribution is 0.267. The van der Waals surface area contributed by atoms with Gasteiger partial charge in [0.2, 0.25) is 10.0 Å². The molecule has 0 amide bonds. The van der Waals surface area contributed by atoms with Crippen LogP contribution in [0.1, 0.15) is 25.2 Å². The van der Waals surface area contributed by atoms with E-state index in [1.54, 1.807) is 20.9 Å². The van der Waals surface area contributed by atoms with E-state index in [9.17, 15) is 8.42 Å². The Labute approximate surface area is 115 Å². The van der Waals surface area contributed by atoms with E-state index in [1.165, 1.54) is 8.99 Å². The van der Waals surface area contributed by atoms with Crippen LogP contribution >= 0.6 is 0 Å². The molecule has 0 fully saturated rings. The zero-order valence-electron chi connectivity index (χ0n) is 12.2. The third-order valence-corrected chi connectivity index (χ3v) is 4.99. The summed E-state index contributed by atoms with van der Waals surface area (Å²) in [6.07, 6.45) is 0. The first kappa shape index (κ1) is 16.1. The van der Waals surface area contributed by atoms with E-state index in [0.29, 0.717) is 24.5 Å². The van der Waals surface area contributed by atoms with Crippen molar-refractivity contribution in [3.8, 4) is 0 Å². The monoisotopic (exact) mass is 289 g/mol. The fraction of sp³-hybridized carbons (Fsp3) is 0.750. The van der Waals surface area contributed by atoms with Gasteiger partial charge in [-0.2, -0.15) is 5.10 Å². The molecule has 0 saturated carbocycles. The smallest absolute Gasteiger partial charge is 0.246 e. The summed E-state index contributed by atoms with van der Waals surface area (Å²) in [6.45, 7) is 8.04. The van der Waals surface area contributed by atoms with Crippen molar-refractivity contribution < 1.29 is 13.5 Å². The second-order valence-electron chi connectivity index (χ2n) is 5.13. The molecule has 0 saturated heterocycles. The van der Waals surface area contributed by atoms with E-state index < -0.39 is 10.0 Å². The van der Waals surface area contributed by atoms with Gasteiger partial charge in [0.05, 0.1) is 24.5 Å².